The van der Waals surface area contributed by atoms with Crippen LogP contribution >= 0.6 is 0 Å². The van der Waals surface area contributed by atoms with Crippen molar-refractivity contribution in [3.63, 3.8) is 0 Å². The molecule has 0 aliphatic carbocycles. The molecule has 0 aliphatic heterocycles. The molecule has 2 aromatic carbocycles. The SMILES string of the molecule is Cc1ccc(-c2ccc(C(=O)Nc3ccccc3F)o2)cc1C. The monoisotopic (exact) mass is 309 g/mol. The quantitative estimate of drug-likeness (QED) is 0.743. The van der Waals surface area contributed by atoms with Gasteiger partial charge in [-0.3, -0.25) is 4.79 Å². The molecule has 0 atom stereocenters. The highest BCUT2D eigenvalue weighted by atomic mass is 19.1. The van der Waals surface area contributed by atoms with E-state index in [0.29, 0.717) is 5.76 Å². The average molecular weight is 309 g/mol. The van der Waals surface area contributed by atoms with Gasteiger partial charge in [0.15, 0.2) is 5.76 Å². The zero-order valence-electron chi connectivity index (χ0n) is 12.9. The highest BCUT2D eigenvalue weighted by Crippen LogP contribution is 2.25. The molecular formula is C19H16FNO2. The second-order valence-electron chi connectivity index (χ2n) is 5.40. The van der Waals surface area contributed by atoms with Gasteiger partial charge in [0.2, 0.25) is 0 Å². The standard InChI is InChI=1S/C19H16FNO2/c1-12-7-8-14(11-13(12)2)17-9-10-18(23-17)19(22)21-16-6-4-3-5-15(16)20/h3-11H,1-2H3,(H,21,22). The number of benzene rings is 2. The first-order valence-electron chi connectivity index (χ1n) is 7.28. The zero-order chi connectivity index (χ0) is 16.4. The lowest BCUT2D eigenvalue weighted by atomic mass is 10.1. The minimum atomic E-state index is -0.484. The minimum absolute atomic E-state index is 0.127. The summed E-state index contributed by atoms with van der Waals surface area (Å²) in [5.41, 5.74) is 3.37. The largest absolute Gasteiger partial charge is 0.451 e. The van der Waals surface area contributed by atoms with Crippen LogP contribution in [0, 0.1) is 19.7 Å². The topological polar surface area (TPSA) is 42.2 Å². The Labute approximate surface area is 133 Å². The highest BCUT2D eigenvalue weighted by Gasteiger charge is 2.14. The molecule has 3 nitrogen and oxygen atoms in total. The van der Waals surface area contributed by atoms with Gasteiger partial charge >= 0.3 is 0 Å². The first-order chi connectivity index (χ1) is 11.0. The lowest BCUT2D eigenvalue weighted by Crippen LogP contribution is -2.11. The third-order valence-electron chi connectivity index (χ3n) is 3.74. The fourth-order valence-corrected chi connectivity index (χ4v) is 2.26. The Bertz CT molecular complexity index is 867. The Kier molecular flexibility index (Phi) is 3.98. The Morgan fingerprint density at radius 3 is 2.52 bits per heavy atom. The molecule has 0 saturated heterocycles. The molecule has 0 radical (unpaired) electrons. The summed E-state index contributed by atoms with van der Waals surface area (Å²) in [6.45, 7) is 4.06. The fourth-order valence-electron chi connectivity index (χ4n) is 2.26. The molecule has 0 saturated carbocycles. The van der Waals surface area contributed by atoms with Crippen molar-refractivity contribution < 1.29 is 13.6 Å². The Morgan fingerprint density at radius 2 is 1.78 bits per heavy atom. The van der Waals surface area contributed by atoms with Gasteiger partial charge in [0.1, 0.15) is 11.6 Å². The minimum Gasteiger partial charge on any atom is -0.451 e. The number of hydrogen-bond acceptors (Lipinski definition) is 2. The van der Waals surface area contributed by atoms with E-state index in [1.54, 1.807) is 24.3 Å². The molecule has 116 valence electrons. The summed E-state index contributed by atoms with van der Waals surface area (Å²) in [5.74, 6) is -0.222. The van der Waals surface area contributed by atoms with Gasteiger partial charge in [-0.15, -0.1) is 0 Å². The van der Waals surface area contributed by atoms with E-state index in [1.807, 2.05) is 32.0 Å². The lowest BCUT2D eigenvalue weighted by molar-refractivity contribution is 0.0997. The number of carbonyl (C=O) groups excluding carboxylic acids is 1. The van der Waals surface area contributed by atoms with Crippen molar-refractivity contribution >= 4 is 11.6 Å². The summed E-state index contributed by atoms with van der Waals surface area (Å²) in [5, 5.41) is 2.50. The van der Waals surface area contributed by atoms with E-state index >= 15 is 0 Å². The van der Waals surface area contributed by atoms with Gasteiger partial charge in [0.25, 0.3) is 5.91 Å². The molecule has 4 heteroatoms. The number of rotatable bonds is 3. The molecule has 1 N–H and O–H groups in total. The van der Waals surface area contributed by atoms with E-state index in [0.717, 1.165) is 11.1 Å². The number of para-hydroxylation sites is 1. The van der Waals surface area contributed by atoms with E-state index in [-0.39, 0.29) is 11.4 Å². The molecule has 23 heavy (non-hydrogen) atoms. The maximum atomic E-state index is 13.6. The van der Waals surface area contributed by atoms with Crippen molar-refractivity contribution in [3.8, 4) is 11.3 Å². The van der Waals surface area contributed by atoms with Crippen molar-refractivity contribution in [3.05, 3.63) is 77.3 Å². The van der Waals surface area contributed by atoms with E-state index in [1.165, 1.54) is 17.7 Å². The number of nitrogens with one attached hydrogen (secondary N) is 1. The molecule has 0 bridgehead atoms. The number of halogens is 1. The fraction of sp³-hybridized carbons (Fsp3) is 0.105. The van der Waals surface area contributed by atoms with Gasteiger partial charge in [0, 0.05) is 5.56 Å². The Morgan fingerprint density at radius 1 is 1.00 bits per heavy atom. The van der Waals surface area contributed by atoms with Crippen LogP contribution in [-0.4, -0.2) is 5.91 Å². The first-order valence-corrected chi connectivity index (χ1v) is 7.28. The van der Waals surface area contributed by atoms with Crippen LogP contribution in [0.15, 0.2) is 59.0 Å². The Balaban J connectivity index is 1.82. The summed E-state index contributed by atoms with van der Waals surface area (Å²) >= 11 is 0. The van der Waals surface area contributed by atoms with E-state index in [4.69, 9.17) is 4.42 Å². The smallest absolute Gasteiger partial charge is 0.291 e. The Hall–Kier alpha value is -2.88. The number of carbonyl (C=O) groups is 1. The highest BCUT2D eigenvalue weighted by molar-refractivity contribution is 6.02. The summed E-state index contributed by atoms with van der Waals surface area (Å²) in [7, 11) is 0. The average Bonchev–Trinajstić information content (AvgIpc) is 3.02. The van der Waals surface area contributed by atoms with Crippen LogP contribution in [0.1, 0.15) is 21.7 Å². The molecule has 1 aromatic heterocycles. The van der Waals surface area contributed by atoms with Crippen molar-refractivity contribution in [1.29, 1.82) is 0 Å². The second-order valence-corrected chi connectivity index (χ2v) is 5.40. The molecular weight excluding hydrogens is 293 g/mol. The molecule has 0 unspecified atom stereocenters. The zero-order valence-corrected chi connectivity index (χ0v) is 12.9. The first kappa shape index (κ1) is 15.0. The summed E-state index contributed by atoms with van der Waals surface area (Å²) in [6.07, 6.45) is 0. The third-order valence-corrected chi connectivity index (χ3v) is 3.74. The van der Waals surface area contributed by atoms with Crippen LogP contribution in [0.3, 0.4) is 0 Å². The second kappa shape index (κ2) is 6.08. The summed E-state index contributed by atoms with van der Waals surface area (Å²) in [4.78, 5) is 12.2. The molecule has 0 aliphatic rings. The van der Waals surface area contributed by atoms with Gasteiger partial charge in [-0.2, -0.15) is 0 Å². The van der Waals surface area contributed by atoms with Crippen LogP contribution in [0.4, 0.5) is 10.1 Å². The van der Waals surface area contributed by atoms with Gasteiger partial charge in [0.05, 0.1) is 5.69 Å². The van der Waals surface area contributed by atoms with Crippen molar-refractivity contribution in [1.82, 2.24) is 0 Å². The van der Waals surface area contributed by atoms with Crippen LogP contribution in [0.5, 0.6) is 0 Å². The van der Waals surface area contributed by atoms with E-state index in [2.05, 4.69) is 5.32 Å². The molecule has 0 spiro atoms. The molecule has 0 fully saturated rings. The van der Waals surface area contributed by atoms with Crippen LogP contribution in [0.25, 0.3) is 11.3 Å². The predicted octanol–water partition coefficient (Wildman–Crippen LogP) is 4.95. The number of furan rings is 1. The van der Waals surface area contributed by atoms with Crippen LogP contribution in [-0.2, 0) is 0 Å². The van der Waals surface area contributed by atoms with Gasteiger partial charge in [-0.25, -0.2) is 4.39 Å². The molecule has 1 heterocycles. The number of hydrogen-bond donors (Lipinski definition) is 1. The molecule has 1 amide bonds. The van der Waals surface area contributed by atoms with Crippen molar-refractivity contribution in [2.45, 2.75) is 13.8 Å². The van der Waals surface area contributed by atoms with Gasteiger partial charge < -0.3 is 9.73 Å². The molecule has 3 rings (SSSR count). The van der Waals surface area contributed by atoms with Crippen molar-refractivity contribution in [2.75, 3.05) is 5.32 Å². The van der Waals surface area contributed by atoms with E-state index < -0.39 is 11.7 Å². The molecule has 3 aromatic rings. The number of aryl methyl sites for hydroxylation is 2. The predicted molar refractivity (Wildman–Crippen MR) is 88.0 cm³/mol. The maximum absolute atomic E-state index is 13.6. The normalized spacial score (nSPS) is 10.6. The van der Waals surface area contributed by atoms with Gasteiger partial charge in [-0.05, 0) is 55.3 Å². The van der Waals surface area contributed by atoms with Crippen LogP contribution < -0.4 is 5.32 Å². The maximum Gasteiger partial charge on any atom is 0.291 e. The van der Waals surface area contributed by atoms with Crippen molar-refractivity contribution in [2.24, 2.45) is 0 Å². The number of anilines is 1. The van der Waals surface area contributed by atoms with Crippen LogP contribution in [0.2, 0.25) is 0 Å². The third kappa shape index (κ3) is 3.16. The summed E-state index contributed by atoms with van der Waals surface area (Å²) < 4.78 is 19.2. The van der Waals surface area contributed by atoms with E-state index in [9.17, 15) is 9.18 Å². The summed E-state index contributed by atoms with van der Waals surface area (Å²) in [6, 6.07) is 15.3. The lowest BCUT2D eigenvalue weighted by Gasteiger charge is -2.04. The number of amides is 1. The van der Waals surface area contributed by atoms with Gasteiger partial charge in [-0.1, -0.05) is 24.3 Å².